The molecule has 3 aliphatic rings. The van der Waals surface area contributed by atoms with Crippen LogP contribution >= 0.6 is 0 Å². The summed E-state index contributed by atoms with van der Waals surface area (Å²) in [4.78, 5) is 25.2. The quantitative estimate of drug-likeness (QED) is 0.706. The second-order valence-electron chi connectivity index (χ2n) is 5.72. The molecule has 1 fully saturated rings. The van der Waals surface area contributed by atoms with E-state index in [1.54, 1.807) is 13.2 Å². The first-order valence-corrected chi connectivity index (χ1v) is 6.92. The van der Waals surface area contributed by atoms with Crippen molar-refractivity contribution in [3.63, 3.8) is 0 Å². The molecule has 0 N–H and O–H groups in total. The van der Waals surface area contributed by atoms with Crippen molar-refractivity contribution in [3.05, 3.63) is 23.4 Å². The average Bonchev–Trinajstić information content (AvgIpc) is 2.69. The summed E-state index contributed by atoms with van der Waals surface area (Å²) in [6, 6.07) is 0.0352. The zero-order valence-corrected chi connectivity index (χ0v) is 12.0. The number of allylic oxidation sites excluding steroid dienone is 2. The maximum Gasteiger partial charge on any atom is 0.302 e. The van der Waals surface area contributed by atoms with Gasteiger partial charge in [0.05, 0.1) is 12.1 Å². The maximum atomic E-state index is 11.7. The third kappa shape index (κ3) is 1.97. The summed E-state index contributed by atoms with van der Waals surface area (Å²) < 4.78 is 11.0. The van der Waals surface area contributed by atoms with E-state index in [2.05, 4.69) is 4.90 Å². The molecule has 1 aliphatic carbocycles. The molecule has 0 unspecified atom stereocenters. The highest BCUT2D eigenvalue weighted by molar-refractivity contribution is 5.97. The molecule has 0 saturated carbocycles. The minimum absolute atomic E-state index is 0.00421. The van der Waals surface area contributed by atoms with E-state index in [-0.39, 0.29) is 35.9 Å². The average molecular weight is 277 g/mol. The molecule has 2 heterocycles. The summed E-state index contributed by atoms with van der Waals surface area (Å²) in [7, 11) is 1.68. The number of esters is 1. The van der Waals surface area contributed by atoms with Crippen molar-refractivity contribution in [2.24, 2.45) is 5.92 Å². The first-order chi connectivity index (χ1) is 9.51. The second-order valence-corrected chi connectivity index (χ2v) is 5.72. The molecule has 0 spiro atoms. The van der Waals surface area contributed by atoms with Gasteiger partial charge in [-0.25, -0.2) is 0 Å². The van der Waals surface area contributed by atoms with Crippen molar-refractivity contribution in [2.45, 2.75) is 38.5 Å². The Labute approximate surface area is 118 Å². The maximum absolute atomic E-state index is 11.7. The number of carbonyl (C=O) groups is 2. The molecular weight excluding hydrogens is 258 g/mol. The predicted molar refractivity (Wildman–Crippen MR) is 71.8 cm³/mol. The van der Waals surface area contributed by atoms with Crippen molar-refractivity contribution in [2.75, 3.05) is 13.7 Å². The number of nitrogens with zero attached hydrogens (tertiary/aromatic N) is 1. The van der Waals surface area contributed by atoms with Crippen LogP contribution in [0.2, 0.25) is 0 Å². The van der Waals surface area contributed by atoms with Crippen LogP contribution in [0.25, 0.3) is 0 Å². The number of methoxy groups -OCH3 is 1. The Balaban J connectivity index is 1.96. The molecule has 0 radical (unpaired) electrons. The molecule has 20 heavy (non-hydrogen) atoms. The first-order valence-electron chi connectivity index (χ1n) is 6.92. The van der Waals surface area contributed by atoms with E-state index in [0.717, 1.165) is 17.7 Å². The lowest BCUT2D eigenvalue weighted by Crippen LogP contribution is -2.64. The largest absolute Gasteiger partial charge is 0.460 e. The lowest BCUT2D eigenvalue weighted by atomic mass is 9.84. The summed E-state index contributed by atoms with van der Waals surface area (Å²) >= 11 is 0. The van der Waals surface area contributed by atoms with E-state index in [1.807, 2.05) is 13.1 Å². The van der Waals surface area contributed by atoms with E-state index in [1.165, 1.54) is 6.92 Å². The molecule has 0 aromatic carbocycles. The lowest BCUT2D eigenvalue weighted by Gasteiger charge is -2.49. The fourth-order valence-electron chi connectivity index (χ4n) is 3.45. The molecule has 1 saturated heterocycles. The van der Waals surface area contributed by atoms with E-state index in [4.69, 9.17) is 9.47 Å². The number of ether oxygens (including phenoxy) is 2. The third-order valence-corrected chi connectivity index (χ3v) is 4.45. The van der Waals surface area contributed by atoms with Gasteiger partial charge in [0, 0.05) is 39.1 Å². The Bertz CT molecular complexity index is 522. The summed E-state index contributed by atoms with van der Waals surface area (Å²) in [5.41, 5.74) is 2.06. The van der Waals surface area contributed by atoms with Crippen LogP contribution in [-0.4, -0.2) is 48.6 Å². The number of hydrogen-bond donors (Lipinski definition) is 0. The van der Waals surface area contributed by atoms with Crippen molar-refractivity contribution in [1.29, 1.82) is 0 Å². The normalized spacial score (nSPS) is 35.4. The first kappa shape index (κ1) is 13.4. The van der Waals surface area contributed by atoms with Crippen LogP contribution in [0.15, 0.2) is 23.4 Å². The van der Waals surface area contributed by atoms with Crippen LogP contribution in [0.5, 0.6) is 0 Å². The SMILES string of the molecule is CO[C@H]1CN2C=C3CC(=O)C=C3[C@H](C)[C@@H](OC(C)=O)[C@@H]12. The highest BCUT2D eigenvalue weighted by atomic mass is 16.5. The van der Waals surface area contributed by atoms with Crippen LogP contribution in [0.4, 0.5) is 0 Å². The van der Waals surface area contributed by atoms with Crippen LogP contribution in [0.3, 0.4) is 0 Å². The third-order valence-electron chi connectivity index (χ3n) is 4.45. The number of ketones is 1. The standard InChI is InChI=1S/C15H19NO4/c1-8-12-5-11(18)4-10(12)6-16-7-13(19-3)14(16)15(8)20-9(2)17/h5-6,8,13-15H,4,7H2,1-3H3/t8-,13-,14+,15+/m0/s1. The summed E-state index contributed by atoms with van der Waals surface area (Å²) in [5.74, 6) is -0.164. The van der Waals surface area contributed by atoms with Gasteiger partial charge < -0.3 is 14.4 Å². The van der Waals surface area contributed by atoms with Crippen molar-refractivity contribution in [1.82, 2.24) is 4.90 Å². The molecular formula is C15H19NO4. The van der Waals surface area contributed by atoms with Crippen LogP contribution in [-0.2, 0) is 19.1 Å². The molecule has 3 rings (SSSR count). The van der Waals surface area contributed by atoms with Crippen LogP contribution < -0.4 is 0 Å². The van der Waals surface area contributed by atoms with E-state index in [9.17, 15) is 9.59 Å². The fraction of sp³-hybridized carbons (Fsp3) is 0.600. The van der Waals surface area contributed by atoms with Gasteiger partial charge in [0.25, 0.3) is 0 Å². The van der Waals surface area contributed by atoms with Crippen LogP contribution in [0, 0.1) is 5.92 Å². The zero-order chi connectivity index (χ0) is 14.4. The molecule has 4 atom stereocenters. The number of hydrogen-bond acceptors (Lipinski definition) is 5. The Hall–Kier alpha value is -1.62. The monoisotopic (exact) mass is 277 g/mol. The van der Waals surface area contributed by atoms with Gasteiger partial charge in [0.2, 0.25) is 0 Å². The molecule has 5 heteroatoms. The minimum Gasteiger partial charge on any atom is -0.460 e. The van der Waals surface area contributed by atoms with Crippen LogP contribution in [0.1, 0.15) is 20.3 Å². The van der Waals surface area contributed by atoms with Crippen molar-refractivity contribution >= 4 is 11.8 Å². The molecule has 108 valence electrons. The molecule has 0 aromatic rings. The van der Waals surface area contributed by atoms with E-state index in [0.29, 0.717) is 6.42 Å². The van der Waals surface area contributed by atoms with Crippen molar-refractivity contribution < 1.29 is 19.1 Å². The minimum atomic E-state index is -0.295. The number of fused-ring (bicyclic) bond motifs is 2. The van der Waals surface area contributed by atoms with E-state index < -0.39 is 0 Å². The van der Waals surface area contributed by atoms with Gasteiger partial charge in [-0.3, -0.25) is 9.59 Å². The topological polar surface area (TPSA) is 55.8 Å². The van der Waals surface area contributed by atoms with Gasteiger partial charge in [0.1, 0.15) is 6.10 Å². The highest BCUT2D eigenvalue weighted by Crippen LogP contribution is 2.41. The summed E-state index contributed by atoms with van der Waals surface area (Å²) in [6.45, 7) is 4.21. The second kappa shape index (κ2) is 4.74. The Morgan fingerprint density at radius 1 is 1.45 bits per heavy atom. The number of rotatable bonds is 2. The fourth-order valence-corrected chi connectivity index (χ4v) is 3.45. The molecule has 0 amide bonds. The van der Waals surface area contributed by atoms with Gasteiger partial charge in [-0.2, -0.15) is 0 Å². The van der Waals surface area contributed by atoms with Gasteiger partial charge in [-0.15, -0.1) is 0 Å². The Morgan fingerprint density at radius 3 is 2.85 bits per heavy atom. The number of carbonyl (C=O) groups excluding carboxylic acids is 2. The van der Waals surface area contributed by atoms with E-state index >= 15 is 0 Å². The predicted octanol–water partition coefficient (Wildman–Crippen LogP) is 1.05. The zero-order valence-electron chi connectivity index (χ0n) is 12.0. The van der Waals surface area contributed by atoms with Gasteiger partial charge in [-0.1, -0.05) is 6.92 Å². The van der Waals surface area contributed by atoms with Gasteiger partial charge in [0.15, 0.2) is 5.78 Å². The molecule has 5 nitrogen and oxygen atoms in total. The molecule has 0 aromatic heterocycles. The Morgan fingerprint density at radius 2 is 2.20 bits per heavy atom. The lowest BCUT2D eigenvalue weighted by molar-refractivity contribution is -0.166. The van der Waals surface area contributed by atoms with Crippen molar-refractivity contribution in [3.8, 4) is 0 Å². The molecule has 0 bridgehead atoms. The Kier molecular flexibility index (Phi) is 3.17. The summed E-state index contributed by atoms with van der Waals surface area (Å²) in [6.07, 6.45) is 3.97. The molecule has 2 aliphatic heterocycles. The van der Waals surface area contributed by atoms with Gasteiger partial charge >= 0.3 is 5.97 Å². The highest BCUT2D eigenvalue weighted by Gasteiger charge is 2.50. The van der Waals surface area contributed by atoms with Gasteiger partial charge in [-0.05, 0) is 17.2 Å². The summed E-state index contributed by atoms with van der Waals surface area (Å²) in [5, 5.41) is 0. The smallest absolute Gasteiger partial charge is 0.302 e.